The van der Waals surface area contributed by atoms with Gasteiger partial charge in [0.15, 0.2) is 0 Å². The average molecular weight is 463 g/mol. The lowest BCUT2D eigenvalue weighted by Crippen LogP contribution is -2.47. The van der Waals surface area contributed by atoms with Crippen LogP contribution in [0.3, 0.4) is 0 Å². The molecule has 0 atom stereocenters. The summed E-state index contributed by atoms with van der Waals surface area (Å²) in [5.74, 6) is 1.91. The Hall–Kier alpha value is -0.790. The molecule has 0 heterocycles. The molecule has 5 rings (SSSR count). The van der Waals surface area contributed by atoms with Crippen LogP contribution in [-0.4, -0.2) is 5.91 Å². The molecule has 0 aliphatic heterocycles. The molecule has 4 aliphatic rings. The van der Waals surface area contributed by atoms with Gasteiger partial charge in [-0.2, -0.15) is 13.2 Å². The topological polar surface area (TPSA) is 29.1 Å². The third kappa shape index (κ3) is 3.55. The van der Waals surface area contributed by atoms with Gasteiger partial charge in [0, 0.05) is 9.99 Å². The molecular weight excluding hydrogens is 442 g/mol. The van der Waals surface area contributed by atoms with E-state index in [1.54, 1.807) is 6.07 Å². The summed E-state index contributed by atoms with van der Waals surface area (Å²) in [5.41, 5.74) is -0.860. The van der Waals surface area contributed by atoms with Gasteiger partial charge in [0.25, 0.3) is 0 Å². The number of benzene rings is 1. The monoisotopic (exact) mass is 463 g/mol. The van der Waals surface area contributed by atoms with Crippen molar-refractivity contribution in [1.29, 1.82) is 0 Å². The summed E-state index contributed by atoms with van der Waals surface area (Å²) in [6.45, 7) is 0. The molecule has 0 radical (unpaired) electrons. The molecule has 4 aliphatic carbocycles. The number of carbonyl (C=O) groups excluding carboxylic acids is 1. The first kappa shape index (κ1) is 17.6. The maximum atomic E-state index is 13.2. The highest BCUT2D eigenvalue weighted by Crippen LogP contribution is 2.61. The van der Waals surface area contributed by atoms with Crippen LogP contribution in [0.2, 0.25) is 0 Å². The number of hydrogen-bond acceptors (Lipinski definition) is 1. The van der Waals surface area contributed by atoms with E-state index in [-0.39, 0.29) is 17.0 Å². The second kappa shape index (κ2) is 6.13. The zero-order valence-corrected chi connectivity index (χ0v) is 16.0. The molecule has 0 aromatic heterocycles. The second-order valence-electron chi connectivity index (χ2n) is 8.33. The van der Waals surface area contributed by atoms with Crippen LogP contribution in [-0.2, 0) is 11.0 Å². The SMILES string of the molecule is O=C(CC12CC3CC(CC(C3)C1)C2)Nc1ccc(I)cc1C(F)(F)F. The molecule has 1 N–H and O–H groups in total. The highest BCUT2D eigenvalue weighted by Gasteiger charge is 2.51. The molecule has 4 fully saturated rings. The highest BCUT2D eigenvalue weighted by molar-refractivity contribution is 14.1. The van der Waals surface area contributed by atoms with Crippen LogP contribution in [0.1, 0.15) is 50.5 Å². The maximum absolute atomic E-state index is 13.2. The molecule has 0 unspecified atom stereocenters. The van der Waals surface area contributed by atoms with Crippen molar-refractivity contribution in [2.24, 2.45) is 23.2 Å². The third-order valence-electron chi connectivity index (χ3n) is 6.26. The van der Waals surface area contributed by atoms with Gasteiger partial charge in [0.1, 0.15) is 0 Å². The molecule has 4 saturated carbocycles. The maximum Gasteiger partial charge on any atom is 0.418 e. The minimum atomic E-state index is -4.47. The van der Waals surface area contributed by atoms with Crippen LogP contribution >= 0.6 is 22.6 Å². The Labute approximate surface area is 159 Å². The Morgan fingerprint density at radius 2 is 1.68 bits per heavy atom. The van der Waals surface area contributed by atoms with Crippen molar-refractivity contribution in [2.45, 2.75) is 51.1 Å². The fourth-order valence-corrected chi connectivity index (χ4v) is 6.39. The number of alkyl halides is 3. The van der Waals surface area contributed by atoms with Crippen molar-refractivity contribution < 1.29 is 18.0 Å². The van der Waals surface area contributed by atoms with Gasteiger partial charge in [0.2, 0.25) is 5.91 Å². The molecule has 0 saturated heterocycles. The summed E-state index contributed by atoms with van der Waals surface area (Å²) in [7, 11) is 0. The third-order valence-corrected chi connectivity index (χ3v) is 6.93. The van der Waals surface area contributed by atoms with Gasteiger partial charge >= 0.3 is 6.18 Å². The number of nitrogens with one attached hydrogen (secondary N) is 1. The Balaban J connectivity index is 1.50. The minimum absolute atomic E-state index is 0.0282. The summed E-state index contributed by atoms with van der Waals surface area (Å²) in [5, 5.41) is 2.56. The van der Waals surface area contributed by atoms with E-state index in [0.29, 0.717) is 9.99 Å². The van der Waals surface area contributed by atoms with E-state index in [4.69, 9.17) is 0 Å². The van der Waals surface area contributed by atoms with Gasteiger partial charge in [-0.3, -0.25) is 4.79 Å². The molecule has 2 nitrogen and oxygen atoms in total. The molecule has 1 aromatic carbocycles. The predicted octanol–water partition coefficient (Wildman–Crippen LogP) is 5.86. The summed E-state index contributed by atoms with van der Waals surface area (Å²) in [6, 6.07) is 4.04. The van der Waals surface area contributed by atoms with Crippen LogP contribution in [0.5, 0.6) is 0 Å². The number of amides is 1. The molecule has 4 bridgehead atoms. The molecule has 25 heavy (non-hydrogen) atoms. The first-order valence-corrected chi connectivity index (χ1v) is 9.97. The molecule has 1 amide bonds. The van der Waals surface area contributed by atoms with E-state index in [2.05, 4.69) is 5.32 Å². The van der Waals surface area contributed by atoms with Gasteiger partial charge in [-0.1, -0.05) is 0 Å². The van der Waals surface area contributed by atoms with E-state index in [9.17, 15) is 18.0 Å². The second-order valence-corrected chi connectivity index (χ2v) is 9.58. The van der Waals surface area contributed by atoms with Gasteiger partial charge in [0.05, 0.1) is 11.3 Å². The zero-order chi connectivity index (χ0) is 17.8. The average Bonchev–Trinajstić information content (AvgIpc) is 2.46. The van der Waals surface area contributed by atoms with Crippen molar-refractivity contribution in [3.05, 3.63) is 27.3 Å². The first-order valence-electron chi connectivity index (χ1n) is 8.89. The van der Waals surface area contributed by atoms with Crippen molar-refractivity contribution in [3.8, 4) is 0 Å². The van der Waals surface area contributed by atoms with Crippen LogP contribution in [0.4, 0.5) is 18.9 Å². The Kier molecular flexibility index (Phi) is 4.32. The van der Waals surface area contributed by atoms with Crippen molar-refractivity contribution in [3.63, 3.8) is 0 Å². The number of rotatable bonds is 3. The fourth-order valence-electron chi connectivity index (χ4n) is 5.90. The molecule has 0 spiro atoms. The van der Waals surface area contributed by atoms with Gasteiger partial charge in [-0.15, -0.1) is 0 Å². The fraction of sp³-hybridized carbons (Fsp3) is 0.632. The van der Waals surface area contributed by atoms with Gasteiger partial charge < -0.3 is 5.32 Å². The quantitative estimate of drug-likeness (QED) is 0.560. The smallest absolute Gasteiger partial charge is 0.325 e. The lowest BCUT2D eigenvalue weighted by atomic mass is 9.49. The number of halogens is 4. The predicted molar refractivity (Wildman–Crippen MR) is 98.0 cm³/mol. The molecule has 136 valence electrons. The van der Waals surface area contributed by atoms with Crippen LogP contribution in [0.25, 0.3) is 0 Å². The Morgan fingerprint density at radius 3 is 2.20 bits per heavy atom. The molecule has 6 heteroatoms. The number of carbonyl (C=O) groups is 1. The first-order chi connectivity index (χ1) is 11.7. The van der Waals surface area contributed by atoms with Crippen molar-refractivity contribution in [1.82, 2.24) is 0 Å². The molecule has 1 aromatic rings. The van der Waals surface area contributed by atoms with Gasteiger partial charge in [-0.25, -0.2) is 0 Å². The van der Waals surface area contributed by atoms with Crippen molar-refractivity contribution >= 4 is 34.2 Å². The lowest BCUT2D eigenvalue weighted by molar-refractivity contribution is -0.137. The van der Waals surface area contributed by atoms with Crippen LogP contribution in [0, 0.1) is 26.7 Å². The van der Waals surface area contributed by atoms with E-state index < -0.39 is 11.7 Å². The summed E-state index contributed by atoms with van der Waals surface area (Å²) >= 11 is 1.85. The van der Waals surface area contributed by atoms with E-state index >= 15 is 0 Å². The number of hydrogen-bond donors (Lipinski definition) is 1. The van der Waals surface area contributed by atoms with Crippen LogP contribution in [0.15, 0.2) is 18.2 Å². The summed E-state index contributed by atoms with van der Waals surface area (Å²) in [4.78, 5) is 12.6. The number of anilines is 1. The summed E-state index contributed by atoms with van der Waals surface area (Å²) < 4.78 is 40.2. The Bertz CT molecular complexity index is 665. The standard InChI is InChI=1S/C19H21F3INO/c20-19(21,22)15-6-14(23)1-2-16(15)24-17(25)10-18-7-11-3-12(8-18)5-13(4-11)9-18/h1-2,6,11-13H,3-5,7-10H2,(H,24,25). The van der Waals surface area contributed by atoms with Crippen molar-refractivity contribution in [2.75, 3.05) is 5.32 Å². The summed E-state index contributed by atoms with van der Waals surface area (Å²) in [6.07, 6.45) is 2.98. The van der Waals surface area contributed by atoms with E-state index in [0.717, 1.165) is 43.1 Å². The van der Waals surface area contributed by atoms with Crippen LogP contribution < -0.4 is 5.32 Å². The van der Waals surface area contributed by atoms with E-state index in [1.807, 2.05) is 22.6 Å². The van der Waals surface area contributed by atoms with Gasteiger partial charge in [-0.05, 0) is 102 Å². The normalized spacial score (nSPS) is 33.5. The zero-order valence-electron chi connectivity index (χ0n) is 13.8. The minimum Gasteiger partial charge on any atom is -0.325 e. The largest absolute Gasteiger partial charge is 0.418 e. The Morgan fingerprint density at radius 1 is 1.12 bits per heavy atom. The lowest BCUT2D eigenvalue weighted by Gasteiger charge is -2.56. The van der Waals surface area contributed by atoms with E-state index in [1.165, 1.54) is 25.3 Å². The molecular formula is C19H21F3INO. The highest BCUT2D eigenvalue weighted by atomic mass is 127.